The Morgan fingerprint density at radius 2 is 1.77 bits per heavy atom. The Hall–Kier alpha value is -3.01. The number of hydrogen-bond donors (Lipinski definition) is 0. The molecule has 0 spiro atoms. The van der Waals surface area contributed by atoms with Gasteiger partial charge in [0.15, 0.2) is 5.76 Å². The number of rotatable bonds is 6. The Bertz CT molecular complexity index is 856. The maximum absolute atomic E-state index is 12.5. The van der Waals surface area contributed by atoms with Crippen LogP contribution in [0.1, 0.15) is 36.7 Å². The molecular formula is C22H22O4. The van der Waals surface area contributed by atoms with Crippen molar-refractivity contribution >= 4 is 11.9 Å². The third-order valence-corrected chi connectivity index (χ3v) is 3.87. The van der Waals surface area contributed by atoms with Gasteiger partial charge in [0.05, 0.1) is 12.2 Å². The highest BCUT2D eigenvalue weighted by Crippen LogP contribution is 2.35. The first kappa shape index (κ1) is 17.8. The van der Waals surface area contributed by atoms with Crippen molar-refractivity contribution in [2.24, 2.45) is 0 Å². The van der Waals surface area contributed by atoms with Gasteiger partial charge in [-0.3, -0.25) is 4.79 Å². The van der Waals surface area contributed by atoms with Gasteiger partial charge in [-0.2, -0.15) is 0 Å². The van der Waals surface area contributed by atoms with E-state index in [1.807, 2.05) is 51.1 Å². The van der Waals surface area contributed by atoms with E-state index in [0.29, 0.717) is 36.0 Å². The zero-order valence-electron chi connectivity index (χ0n) is 15.2. The van der Waals surface area contributed by atoms with E-state index >= 15 is 0 Å². The monoisotopic (exact) mass is 350 g/mol. The summed E-state index contributed by atoms with van der Waals surface area (Å²) in [5.74, 6) is 2.21. The molecule has 0 bridgehead atoms. The van der Waals surface area contributed by atoms with Crippen molar-refractivity contribution in [1.82, 2.24) is 0 Å². The van der Waals surface area contributed by atoms with E-state index in [4.69, 9.17) is 14.2 Å². The summed E-state index contributed by atoms with van der Waals surface area (Å²) in [4.78, 5) is 12.5. The maximum Gasteiger partial charge on any atom is 0.231 e. The van der Waals surface area contributed by atoms with Gasteiger partial charge in [0.2, 0.25) is 5.78 Å². The summed E-state index contributed by atoms with van der Waals surface area (Å²) in [5, 5.41) is 0. The smallest absolute Gasteiger partial charge is 0.231 e. The van der Waals surface area contributed by atoms with Gasteiger partial charge in [0.1, 0.15) is 23.9 Å². The second-order valence-electron chi connectivity index (χ2n) is 6.19. The highest BCUT2D eigenvalue weighted by Gasteiger charge is 2.27. The topological polar surface area (TPSA) is 44.8 Å². The van der Waals surface area contributed by atoms with Crippen LogP contribution in [0.2, 0.25) is 0 Å². The molecule has 0 amide bonds. The molecule has 0 saturated carbocycles. The number of ketones is 1. The number of allylic oxidation sites excluding steroid dienone is 2. The highest BCUT2D eigenvalue weighted by atomic mass is 16.5. The molecule has 3 rings (SSSR count). The molecule has 26 heavy (non-hydrogen) atoms. The van der Waals surface area contributed by atoms with Crippen LogP contribution in [0.4, 0.5) is 0 Å². The Balaban J connectivity index is 1.72. The summed E-state index contributed by atoms with van der Waals surface area (Å²) in [7, 11) is 0. The molecule has 0 atom stereocenters. The second kappa shape index (κ2) is 7.91. The third-order valence-electron chi connectivity index (χ3n) is 3.87. The molecule has 0 radical (unpaired) electrons. The minimum absolute atomic E-state index is 0.119. The minimum atomic E-state index is -0.119. The van der Waals surface area contributed by atoms with Crippen molar-refractivity contribution in [2.45, 2.75) is 20.8 Å². The lowest BCUT2D eigenvalue weighted by molar-refractivity contribution is 0.101. The fourth-order valence-electron chi connectivity index (χ4n) is 2.54. The highest BCUT2D eigenvalue weighted by molar-refractivity contribution is 6.14. The first-order valence-corrected chi connectivity index (χ1v) is 8.64. The van der Waals surface area contributed by atoms with E-state index in [2.05, 4.69) is 0 Å². The van der Waals surface area contributed by atoms with Gasteiger partial charge in [-0.05, 0) is 62.8 Å². The summed E-state index contributed by atoms with van der Waals surface area (Å²) in [6, 6.07) is 12.8. The van der Waals surface area contributed by atoms with Crippen molar-refractivity contribution in [2.75, 3.05) is 13.2 Å². The number of carbonyl (C=O) groups is 1. The molecule has 0 saturated heterocycles. The molecule has 0 aliphatic carbocycles. The number of fused-ring (bicyclic) bond motifs is 1. The third kappa shape index (κ3) is 4.14. The predicted octanol–water partition coefficient (Wildman–Crippen LogP) is 5.05. The van der Waals surface area contributed by atoms with Gasteiger partial charge in [-0.15, -0.1) is 0 Å². The van der Waals surface area contributed by atoms with Crippen LogP contribution in [0.3, 0.4) is 0 Å². The lowest BCUT2D eigenvalue weighted by atomic mass is 10.1. The van der Waals surface area contributed by atoms with Crippen LogP contribution in [-0.4, -0.2) is 19.0 Å². The van der Waals surface area contributed by atoms with Gasteiger partial charge in [-0.1, -0.05) is 17.7 Å². The quantitative estimate of drug-likeness (QED) is 0.540. The molecule has 2 aromatic rings. The fourth-order valence-corrected chi connectivity index (χ4v) is 2.54. The number of benzene rings is 2. The molecular weight excluding hydrogens is 328 g/mol. The van der Waals surface area contributed by atoms with Crippen LogP contribution in [-0.2, 0) is 0 Å². The van der Waals surface area contributed by atoms with Crippen LogP contribution in [0.5, 0.6) is 17.2 Å². The van der Waals surface area contributed by atoms with Crippen molar-refractivity contribution in [3.05, 3.63) is 71.0 Å². The Morgan fingerprint density at radius 1 is 1.04 bits per heavy atom. The van der Waals surface area contributed by atoms with Crippen molar-refractivity contribution in [3.63, 3.8) is 0 Å². The number of ether oxygens (including phenoxy) is 3. The van der Waals surface area contributed by atoms with Crippen LogP contribution in [0.15, 0.2) is 59.9 Å². The van der Waals surface area contributed by atoms with Gasteiger partial charge in [-0.25, -0.2) is 0 Å². The predicted molar refractivity (Wildman–Crippen MR) is 102 cm³/mol. The van der Waals surface area contributed by atoms with E-state index in [9.17, 15) is 4.79 Å². The maximum atomic E-state index is 12.5. The van der Waals surface area contributed by atoms with E-state index < -0.39 is 0 Å². The first-order chi connectivity index (χ1) is 12.6. The number of Topliss-reactive ketones (excluding diaryl/α,β-unsaturated/α-hetero) is 1. The summed E-state index contributed by atoms with van der Waals surface area (Å²) in [6.45, 7) is 7.09. The summed E-state index contributed by atoms with van der Waals surface area (Å²) >= 11 is 0. The van der Waals surface area contributed by atoms with Gasteiger partial charge in [0, 0.05) is 6.07 Å². The van der Waals surface area contributed by atoms with Gasteiger partial charge < -0.3 is 14.2 Å². The lowest BCUT2D eigenvalue weighted by Crippen LogP contribution is -1.98. The van der Waals surface area contributed by atoms with Crippen molar-refractivity contribution in [1.29, 1.82) is 0 Å². The van der Waals surface area contributed by atoms with Crippen LogP contribution in [0.25, 0.3) is 6.08 Å². The van der Waals surface area contributed by atoms with E-state index in [-0.39, 0.29) is 5.78 Å². The molecule has 4 nitrogen and oxygen atoms in total. The Kier molecular flexibility index (Phi) is 5.42. The van der Waals surface area contributed by atoms with E-state index in [0.717, 1.165) is 11.3 Å². The van der Waals surface area contributed by atoms with E-state index in [1.54, 1.807) is 24.3 Å². The van der Waals surface area contributed by atoms with Crippen LogP contribution < -0.4 is 14.2 Å². The average molecular weight is 350 g/mol. The summed E-state index contributed by atoms with van der Waals surface area (Å²) in [6.07, 6.45) is 3.76. The molecule has 0 aromatic heterocycles. The number of carbonyl (C=O) groups excluding carboxylic acids is 1. The molecule has 1 heterocycles. The zero-order valence-corrected chi connectivity index (χ0v) is 15.2. The molecule has 0 unspecified atom stereocenters. The molecule has 134 valence electrons. The largest absolute Gasteiger partial charge is 0.494 e. The van der Waals surface area contributed by atoms with E-state index in [1.165, 1.54) is 5.57 Å². The standard InChI is InChI=1S/C22H22O4/c1-4-24-18-9-10-19-20(14-18)26-21(22(19)23)13-16-5-7-17(8-6-16)25-12-11-15(2)3/h5-11,13-14H,4,12H2,1-3H3/b21-13-. The normalized spacial score (nSPS) is 14.0. The van der Waals surface area contributed by atoms with Gasteiger partial charge in [0.25, 0.3) is 0 Å². The minimum Gasteiger partial charge on any atom is -0.494 e. The second-order valence-corrected chi connectivity index (χ2v) is 6.19. The van der Waals surface area contributed by atoms with Crippen molar-refractivity contribution < 1.29 is 19.0 Å². The van der Waals surface area contributed by atoms with Gasteiger partial charge >= 0.3 is 0 Å². The zero-order chi connectivity index (χ0) is 18.5. The SMILES string of the molecule is CCOc1ccc2c(c1)O/C(=C\c1ccc(OCC=C(C)C)cc1)C2=O. The number of hydrogen-bond acceptors (Lipinski definition) is 4. The molecule has 4 heteroatoms. The first-order valence-electron chi connectivity index (χ1n) is 8.64. The average Bonchev–Trinajstić information content (AvgIpc) is 2.92. The lowest BCUT2D eigenvalue weighted by Gasteiger charge is -2.05. The molecule has 0 N–H and O–H groups in total. The summed E-state index contributed by atoms with van der Waals surface area (Å²) in [5.41, 5.74) is 2.65. The molecule has 2 aromatic carbocycles. The molecule has 0 fully saturated rings. The summed E-state index contributed by atoms with van der Waals surface area (Å²) < 4.78 is 16.8. The Labute approximate surface area is 153 Å². The molecule has 1 aliphatic heterocycles. The van der Waals surface area contributed by atoms with Crippen LogP contribution in [0, 0.1) is 0 Å². The molecule has 1 aliphatic rings. The van der Waals surface area contributed by atoms with Crippen molar-refractivity contribution in [3.8, 4) is 17.2 Å². The Morgan fingerprint density at radius 3 is 2.46 bits per heavy atom. The fraction of sp³-hybridized carbons (Fsp3) is 0.227. The van der Waals surface area contributed by atoms with Crippen LogP contribution >= 0.6 is 0 Å².